The summed E-state index contributed by atoms with van der Waals surface area (Å²) in [5.41, 5.74) is 4.55. The first kappa shape index (κ1) is 13.6. The summed E-state index contributed by atoms with van der Waals surface area (Å²) >= 11 is 0. The Bertz CT molecular complexity index is 529. The molecule has 0 heterocycles. The number of aliphatic hydroxyl groups excluding tert-OH is 1. The summed E-state index contributed by atoms with van der Waals surface area (Å²) in [7, 11) is 0. The molecule has 0 amide bonds. The fourth-order valence-corrected chi connectivity index (χ4v) is 1.95. The number of benzene rings is 2. The van der Waals surface area contributed by atoms with E-state index in [-0.39, 0.29) is 6.61 Å². The van der Waals surface area contributed by atoms with Gasteiger partial charge in [-0.3, -0.25) is 0 Å². The van der Waals surface area contributed by atoms with Crippen molar-refractivity contribution in [3.63, 3.8) is 0 Å². The number of hydrogen-bond donors (Lipinski definition) is 1. The smallest absolute Gasteiger partial charge is 0.122 e. The van der Waals surface area contributed by atoms with Crippen LogP contribution in [-0.2, 0) is 13.0 Å². The molecule has 0 bridgehead atoms. The number of hydrogen-bond acceptors (Lipinski definition) is 2. The van der Waals surface area contributed by atoms with Crippen molar-refractivity contribution in [2.45, 2.75) is 26.9 Å². The Morgan fingerprint density at radius 3 is 2.32 bits per heavy atom. The highest BCUT2D eigenvalue weighted by Gasteiger charge is 2.00. The van der Waals surface area contributed by atoms with Crippen LogP contribution in [0.25, 0.3) is 0 Å². The van der Waals surface area contributed by atoms with Crippen molar-refractivity contribution in [2.24, 2.45) is 0 Å². The van der Waals surface area contributed by atoms with Gasteiger partial charge in [-0.05, 0) is 42.2 Å². The number of rotatable bonds is 5. The second kappa shape index (κ2) is 6.39. The fraction of sp³-hybridized carbons (Fsp3) is 0.294. The van der Waals surface area contributed by atoms with E-state index in [1.165, 1.54) is 16.7 Å². The van der Waals surface area contributed by atoms with E-state index in [4.69, 9.17) is 9.84 Å². The van der Waals surface area contributed by atoms with Gasteiger partial charge >= 0.3 is 0 Å². The molecule has 0 radical (unpaired) electrons. The van der Waals surface area contributed by atoms with Crippen LogP contribution >= 0.6 is 0 Å². The van der Waals surface area contributed by atoms with E-state index in [2.05, 4.69) is 32.0 Å². The van der Waals surface area contributed by atoms with Crippen molar-refractivity contribution < 1.29 is 9.84 Å². The summed E-state index contributed by atoms with van der Waals surface area (Å²) < 4.78 is 5.83. The van der Waals surface area contributed by atoms with E-state index in [9.17, 15) is 0 Å². The summed E-state index contributed by atoms with van der Waals surface area (Å²) in [6, 6.07) is 14.2. The fourth-order valence-electron chi connectivity index (χ4n) is 1.95. The van der Waals surface area contributed by atoms with Gasteiger partial charge in [0, 0.05) is 6.42 Å². The number of ether oxygens (including phenoxy) is 1. The number of aliphatic hydroxyl groups is 1. The van der Waals surface area contributed by atoms with Crippen LogP contribution in [0.4, 0.5) is 0 Å². The van der Waals surface area contributed by atoms with Gasteiger partial charge in [-0.1, -0.05) is 36.4 Å². The summed E-state index contributed by atoms with van der Waals surface area (Å²) in [5.74, 6) is 0.965. The Morgan fingerprint density at radius 1 is 0.947 bits per heavy atom. The Labute approximate surface area is 114 Å². The van der Waals surface area contributed by atoms with Crippen molar-refractivity contribution in [3.8, 4) is 5.75 Å². The highest BCUT2D eigenvalue weighted by molar-refractivity contribution is 5.36. The van der Waals surface area contributed by atoms with Crippen molar-refractivity contribution in [2.75, 3.05) is 6.61 Å². The van der Waals surface area contributed by atoms with Crippen LogP contribution in [0.3, 0.4) is 0 Å². The van der Waals surface area contributed by atoms with Gasteiger partial charge < -0.3 is 9.84 Å². The van der Waals surface area contributed by atoms with E-state index in [1.54, 1.807) is 0 Å². The van der Waals surface area contributed by atoms with Crippen LogP contribution in [0.1, 0.15) is 22.3 Å². The molecule has 0 saturated heterocycles. The lowest BCUT2D eigenvalue weighted by atomic mass is 10.1. The molecular formula is C17H20O2. The minimum Gasteiger partial charge on any atom is -0.493 e. The van der Waals surface area contributed by atoms with E-state index in [0.29, 0.717) is 6.61 Å². The standard InChI is InChI=1S/C17H20O2/c1-13-3-4-14(2)17(11-13)19-10-9-15-5-7-16(12-18)8-6-15/h3-8,11,18H,9-10,12H2,1-2H3. The minimum atomic E-state index is 0.0965. The zero-order chi connectivity index (χ0) is 13.7. The molecule has 0 aliphatic carbocycles. The second-order valence-electron chi connectivity index (χ2n) is 4.84. The Kier molecular flexibility index (Phi) is 4.58. The highest BCUT2D eigenvalue weighted by atomic mass is 16.5. The molecule has 0 spiro atoms. The average molecular weight is 256 g/mol. The maximum atomic E-state index is 8.99. The zero-order valence-electron chi connectivity index (χ0n) is 11.5. The van der Waals surface area contributed by atoms with Crippen LogP contribution in [0, 0.1) is 13.8 Å². The summed E-state index contributed by atoms with van der Waals surface area (Å²) in [4.78, 5) is 0. The summed E-state index contributed by atoms with van der Waals surface area (Å²) in [5, 5.41) is 8.99. The lowest BCUT2D eigenvalue weighted by Gasteiger charge is -2.10. The third-order valence-electron chi connectivity index (χ3n) is 3.20. The molecule has 0 aromatic heterocycles. The third-order valence-corrected chi connectivity index (χ3v) is 3.20. The molecule has 100 valence electrons. The predicted octanol–water partition coefficient (Wildman–Crippen LogP) is 3.42. The van der Waals surface area contributed by atoms with Crippen LogP contribution in [-0.4, -0.2) is 11.7 Å². The molecule has 0 aliphatic rings. The van der Waals surface area contributed by atoms with Crippen molar-refractivity contribution >= 4 is 0 Å². The molecule has 2 aromatic carbocycles. The highest BCUT2D eigenvalue weighted by Crippen LogP contribution is 2.19. The predicted molar refractivity (Wildman–Crippen MR) is 77.5 cm³/mol. The van der Waals surface area contributed by atoms with Crippen LogP contribution in [0.15, 0.2) is 42.5 Å². The van der Waals surface area contributed by atoms with Gasteiger partial charge in [-0.2, -0.15) is 0 Å². The van der Waals surface area contributed by atoms with Crippen LogP contribution < -0.4 is 4.74 Å². The van der Waals surface area contributed by atoms with Gasteiger partial charge in [0.05, 0.1) is 13.2 Å². The monoisotopic (exact) mass is 256 g/mol. The maximum Gasteiger partial charge on any atom is 0.122 e. The Hall–Kier alpha value is -1.80. The molecule has 2 nitrogen and oxygen atoms in total. The SMILES string of the molecule is Cc1ccc(C)c(OCCc2ccc(CO)cc2)c1. The molecule has 2 heteroatoms. The van der Waals surface area contributed by atoms with Gasteiger partial charge in [0.2, 0.25) is 0 Å². The summed E-state index contributed by atoms with van der Waals surface area (Å²) in [6.07, 6.45) is 0.874. The molecule has 0 aliphatic heterocycles. The first-order valence-electron chi connectivity index (χ1n) is 6.58. The maximum absolute atomic E-state index is 8.99. The molecular weight excluding hydrogens is 236 g/mol. The van der Waals surface area contributed by atoms with Crippen molar-refractivity contribution in [3.05, 3.63) is 64.7 Å². The second-order valence-corrected chi connectivity index (χ2v) is 4.84. The third kappa shape index (κ3) is 3.83. The quantitative estimate of drug-likeness (QED) is 0.888. The van der Waals surface area contributed by atoms with Crippen molar-refractivity contribution in [1.29, 1.82) is 0 Å². The van der Waals surface area contributed by atoms with Crippen molar-refractivity contribution in [1.82, 2.24) is 0 Å². The molecule has 1 N–H and O–H groups in total. The largest absolute Gasteiger partial charge is 0.493 e. The summed E-state index contributed by atoms with van der Waals surface area (Å²) in [6.45, 7) is 4.90. The Balaban J connectivity index is 1.90. The first-order chi connectivity index (χ1) is 9.19. The molecule has 2 rings (SSSR count). The van der Waals surface area contributed by atoms with E-state index in [1.807, 2.05) is 24.3 Å². The van der Waals surface area contributed by atoms with Crippen LogP contribution in [0.5, 0.6) is 5.75 Å². The average Bonchev–Trinajstić information content (AvgIpc) is 2.43. The molecule has 0 atom stereocenters. The van der Waals surface area contributed by atoms with Gasteiger partial charge in [0.15, 0.2) is 0 Å². The molecule has 0 saturated carbocycles. The Morgan fingerprint density at radius 2 is 1.63 bits per heavy atom. The first-order valence-corrected chi connectivity index (χ1v) is 6.58. The zero-order valence-corrected chi connectivity index (χ0v) is 11.5. The van der Waals surface area contributed by atoms with Gasteiger partial charge in [0.1, 0.15) is 5.75 Å². The minimum absolute atomic E-state index is 0.0965. The van der Waals surface area contributed by atoms with E-state index >= 15 is 0 Å². The topological polar surface area (TPSA) is 29.5 Å². The van der Waals surface area contributed by atoms with E-state index in [0.717, 1.165) is 17.7 Å². The van der Waals surface area contributed by atoms with Crippen LogP contribution in [0.2, 0.25) is 0 Å². The lowest BCUT2D eigenvalue weighted by molar-refractivity contribution is 0.282. The number of aryl methyl sites for hydroxylation is 2. The van der Waals surface area contributed by atoms with Gasteiger partial charge in [-0.25, -0.2) is 0 Å². The lowest BCUT2D eigenvalue weighted by Crippen LogP contribution is -2.02. The van der Waals surface area contributed by atoms with Gasteiger partial charge in [-0.15, -0.1) is 0 Å². The molecule has 2 aromatic rings. The molecule has 19 heavy (non-hydrogen) atoms. The molecule has 0 unspecified atom stereocenters. The normalized spacial score (nSPS) is 10.5. The van der Waals surface area contributed by atoms with E-state index < -0.39 is 0 Å². The van der Waals surface area contributed by atoms with Gasteiger partial charge in [0.25, 0.3) is 0 Å². The molecule has 0 fully saturated rings.